The molecule has 0 saturated heterocycles. The zero-order valence-electron chi connectivity index (χ0n) is 14.5. The Balaban J connectivity index is 2.21. The summed E-state index contributed by atoms with van der Waals surface area (Å²) >= 11 is 0. The molecule has 1 amide bonds. The SMILES string of the molecule is CCOC(=O)C1(Cc2ccccc2[N+](=O)[O-])C(=O)N(C)c2ccccc21. The predicted molar refractivity (Wildman–Crippen MR) is 95.0 cm³/mol. The second-order valence-electron chi connectivity index (χ2n) is 6.07. The van der Waals surface area contributed by atoms with Crippen LogP contribution in [0.3, 0.4) is 0 Å². The van der Waals surface area contributed by atoms with E-state index >= 15 is 0 Å². The van der Waals surface area contributed by atoms with Crippen molar-refractivity contribution in [2.24, 2.45) is 0 Å². The molecule has 0 radical (unpaired) electrons. The van der Waals surface area contributed by atoms with Gasteiger partial charge in [-0.2, -0.15) is 0 Å². The highest BCUT2D eigenvalue weighted by molar-refractivity contribution is 6.20. The van der Waals surface area contributed by atoms with Crippen LogP contribution in [0.5, 0.6) is 0 Å². The van der Waals surface area contributed by atoms with Gasteiger partial charge < -0.3 is 9.64 Å². The van der Waals surface area contributed by atoms with Crippen molar-refractivity contribution < 1.29 is 19.2 Å². The summed E-state index contributed by atoms with van der Waals surface area (Å²) < 4.78 is 5.22. The van der Waals surface area contributed by atoms with E-state index in [-0.39, 0.29) is 18.7 Å². The zero-order valence-corrected chi connectivity index (χ0v) is 14.5. The van der Waals surface area contributed by atoms with Crippen molar-refractivity contribution in [3.05, 3.63) is 69.8 Å². The fourth-order valence-electron chi connectivity index (χ4n) is 3.46. The molecule has 0 aliphatic carbocycles. The van der Waals surface area contributed by atoms with E-state index < -0.39 is 22.2 Å². The molecule has 0 saturated carbocycles. The van der Waals surface area contributed by atoms with Crippen molar-refractivity contribution in [1.82, 2.24) is 0 Å². The monoisotopic (exact) mass is 354 g/mol. The topological polar surface area (TPSA) is 89.7 Å². The van der Waals surface area contributed by atoms with Crippen LogP contribution < -0.4 is 4.90 Å². The Bertz CT molecular complexity index is 895. The number of nitrogens with zero attached hydrogens (tertiary/aromatic N) is 2. The molecule has 0 spiro atoms. The van der Waals surface area contributed by atoms with E-state index in [0.29, 0.717) is 16.8 Å². The first kappa shape index (κ1) is 17.6. The molecule has 2 aromatic rings. The van der Waals surface area contributed by atoms with Gasteiger partial charge in [-0.25, -0.2) is 0 Å². The zero-order chi connectivity index (χ0) is 18.9. The number of likely N-dealkylation sites (N-methyl/N-ethyl adjacent to an activating group) is 1. The second kappa shape index (κ2) is 6.59. The van der Waals surface area contributed by atoms with Crippen LogP contribution in [0.15, 0.2) is 48.5 Å². The van der Waals surface area contributed by atoms with E-state index in [1.165, 1.54) is 11.0 Å². The lowest BCUT2D eigenvalue weighted by molar-refractivity contribution is -0.385. The number of esters is 1. The number of nitro benzene ring substituents is 1. The molecule has 3 rings (SSSR count). The molecule has 7 nitrogen and oxygen atoms in total. The minimum atomic E-state index is -1.63. The summed E-state index contributed by atoms with van der Waals surface area (Å²) in [5.41, 5.74) is -0.346. The Labute approximate surface area is 150 Å². The third kappa shape index (κ3) is 2.52. The molecular formula is C19H18N2O5. The number of nitro groups is 1. The molecule has 26 heavy (non-hydrogen) atoms. The number of amides is 1. The third-order valence-electron chi connectivity index (χ3n) is 4.66. The van der Waals surface area contributed by atoms with Gasteiger partial charge in [0.15, 0.2) is 5.41 Å². The van der Waals surface area contributed by atoms with Crippen LogP contribution >= 0.6 is 0 Å². The number of hydrogen-bond acceptors (Lipinski definition) is 5. The van der Waals surface area contributed by atoms with Gasteiger partial charge in [-0.1, -0.05) is 36.4 Å². The van der Waals surface area contributed by atoms with E-state index in [4.69, 9.17) is 4.74 Å². The molecule has 1 aliphatic heterocycles. The first-order valence-corrected chi connectivity index (χ1v) is 8.20. The Kier molecular flexibility index (Phi) is 4.46. The van der Waals surface area contributed by atoms with Crippen LogP contribution in [0.1, 0.15) is 18.1 Å². The second-order valence-corrected chi connectivity index (χ2v) is 6.07. The van der Waals surface area contributed by atoms with Crippen molar-refractivity contribution in [1.29, 1.82) is 0 Å². The standard InChI is InChI=1S/C19H18N2O5/c1-3-26-18(23)19(12-13-8-4-6-10-15(13)21(24)25)14-9-5-7-11-16(14)20(2)17(19)22/h4-11H,3,12H2,1-2H3. The largest absolute Gasteiger partial charge is 0.465 e. The van der Waals surface area contributed by atoms with Gasteiger partial charge in [-0.3, -0.25) is 19.7 Å². The van der Waals surface area contributed by atoms with Gasteiger partial charge in [0.1, 0.15) is 0 Å². The first-order valence-electron chi connectivity index (χ1n) is 8.20. The number of anilines is 1. The molecule has 2 aromatic carbocycles. The van der Waals surface area contributed by atoms with E-state index in [2.05, 4.69) is 0 Å². The fraction of sp³-hybridized carbons (Fsp3) is 0.263. The highest BCUT2D eigenvalue weighted by Crippen LogP contribution is 2.45. The molecule has 1 unspecified atom stereocenters. The number of rotatable bonds is 5. The minimum absolute atomic E-state index is 0.108. The lowest BCUT2D eigenvalue weighted by atomic mass is 9.76. The molecular weight excluding hydrogens is 336 g/mol. The Hall–Kier alpha value is -3.22. The summed E-state index contributed by atoms with van der Waals surface area (Å²) in [6.45, 7) is 1.77. The highest BCUT2D eigenvalue weighted by Gasteiger charge is 2.57. The van der Waals surface area contributed by atoms with Gasteiger partial charge >= 0.3 is 5.97 Å². The molecule has 0 fully saturated rings. The van der Waals surface area contributed by atoms with E-state index in [9.17, 15) is 19.7 Å². The van der Waals surface area contributed by atoms with Crippen LogP contribution in [0.25, 0.3) is 0 Å². The lowest BCUT2D eigenvalue weighted by Crippen LogP contribution is -2.48. The van der Waals surface area contributed by atoms with Crippen LogP contribution in [0.2, 0.25) is 0 Å². The fourth-order valence-corrected chi connectivity index (χ4v) is 3.46. The normalized spacial score (nSPS) is 18.5. The summed E-state index contributed by atoms with van der Waals surface area (Å²) in [6.07, 6.45) is -0.136. The van der Waals surface area contributed by atoms with Crippen molar-refractivity contribution in [3.63, 3.8) is 0 Å². The number of hydrogen-bond donors (Lipinski definition) is 0. The summed E-state index contributed by atoms with van der Waals surface area (Å²) in [6, 6.07) is 13.1. The van der Waals surface area contributed by atoms with Gasteiger partial charge in [-0.05, 0) is 13.0 Å². The number of carbonyl (C=O) groups is 2. The summed E-state index contributed by atoms with van der Waals surface area (Å²) in [5, 5.41) is 11.4. The van der Waals surface area contributed by atoms with E-state index in [1.807, 2.05) is 0 Å². The Morgan fingerprint density at radius 3 is 2.54 bits per heavy atom. The molecule has 1 heterocycles. The molecule has 0 bridgehead atoms. The van der Waals surface area contributed by atoms with Crippen LogP contribution in [-0.4, -0.2) is 30.5 Å². The Morgan fingerprint density at radius 1 is 1.19 bits per heavy atom. The predicted octanol–water partition coefficient (Wildman–Crippen LogP) is 2.61. The molecule has 7 heteroatoms. The Morgan fingerprint density at radius 2 is 1.85 bits per heavy atom. The minimum Gasteiger partial charge on any atom is -0.465 e. The molecule has 0 aromatic heterocycles. The van der Waals surface area contributed by atoms with Gasteiger partial charge in [0.2, 0.25) is 5.91 Å². The average molecular weight is 354 g/mol. The first-order chi connectivity index (χ1) is 12.4. The molecule has 0 N–H and O–H groups in total. The van der Waals surface area contributed by atoms with Crippen LogP contribution in [0.4, 0.5) is 11.4 Å². The number of benzene rings is 2. The maximum atomic E-state index is 13.1. The van der Waals surface area contributed by atoms with Gasteiger partial charge in [0.05, 0.1) is 11.5 Å². The summed E-state index contributed by atoms with van der Waals surface area (Å²) in [4.78, 5) is 38.3. The van der Waals surface area contributed by atoms with Crippen molar-refractivity contribution in [2.45, 2.75) is 18.8 Å². The number of carbonyl (C=O) groups excluding carboxylic acids is 2. The van der Waals surface area contributed by atoms with E-state index in [1.54, 1.807) is 56.4 Å². The van der Waals surface area contributed by atoms with Crippen molar-refractivity contribution in [3.8, 4) is 0 Å². The summed E-state index contributed by atoms with van der Waals surface area (Å²) in [7, 11) is 1.58. The van der Waals surface area contributed by atoms with E-state index in [0.717, 1.165) is 0 Å². The third-order valence-corrected chi connectivity index (χ3v) is 4.66. The van der Waals surface area contributed by atoms with Crippen LogP contribution in [0, 0.1) is 10.1 Å². The van der Waals surface area contributed by atoms with Crippen LogP contribution in [-0.2, 0) is 26.2 Å². The van der Waals surface area contributed by atoms with Crippen molar-refractivity contribution in [2.75, 3.05) is 18.6 Å². The average Bonchev–Trinajstić information content (AvgIpc) is 2.85. The van der Waals surface area contributed by atoms with Gasteiger partial charge in [-0.15, -0.1) is 0 Å². The highest BCUT2D eigenvalue weighted by atomic mass is 16.6. The molecule has 1 atom stereocenters. The van der Waals surface area contributed by atoms with Crippen molar-refractivity contribution >= 4 is 23.3 Å². The number of para-hydroxylation sites is 2. The molecule has 1 aliphatic rings. The quantitative estimate of drug-likeness (QED) is 0.356. The maximum absolute atomic E-state index is 13.1. The maximum Gasteiger partial charge on any atom is 0.326 e. The lowest BCUT2D eigenvalue weighted by Gasteiger charge is -2.26. The van der Waals surface area contributed by atoms with Gasteiger partial charge in [0.25, 0.3) is 5.69 Å². The number of fused-ring (bicyclic) bond motifs is 1. The summed E-state index contributed by atoms with van der Waals surface area (Å²) in [5.74, 6) is -1.14. The van der Waals surface area contributed by atoms with Gasteiger partial charge in [0, 0.05) is 36.3 Å². The smallest absolute Gasteiger partial charge is 0.326 e. The number of ether oxygens (including phenoxy) is 1. The molecule has 134 valence electrons.